The highest BCUT2D eigenvalue weighted by atomic mass is 19.1. The average molecular weight is 211 g/mol. The van der Waals surface area contributed by atoms with Crippen molar-refractivity contribution < 1.29 is 13.9 Å². The molecule has 0 spiro atoms. The van der Waals surface area contributed by atoms with E-state index >= 15 is 0 Å². The zero-order valence-corrected chi connectivity index (χ0v) is 8.57. The fourth-order valence-corrected chi connectivity index (χ4v) is 1.29. The summed E-state index contributed by atoms with van der Waals surface area (Å²) in [5.41, 5.74) is 6.08. The van der Waals surface area contributed by atoms with Crippen LogP contribution in [0.25, 0.3) is 0 Å². The summed E-state index contributed by atoms with van der Waals surface area (Å²) in [6, 6.07) is 6.34. The third kappa shape index (κ3) is 3.02. The van der Waals surface area contributed by atoms with Crippen LogP contribution in [0.5, 0.6) is 0 Å². The van der Waals surface area contributed by atoms with Crippen LogP contribution in [-0.2, 0) is 4.74 Å². The molecule has 0 aliphatic rings. The highest BCUT2D eigenvalue weighted by Gasteiger charge is 2.11. The Labute approximate surface area is 88.0 Å². The van der Waals surface area contributed by atoms with Crippen LogP contribution in [-0.4, -0.2) is 19.6 Å². The zero-order chi connectivity index (χ0) is 11.3. The summed E-state index contributed by atoms with van der Waals surface area (Å²) >= 11 is 0. The number of benzene rings is 1. The number of nitrogens with two attached hydrogens (primary N) is 1. The number of carbonyl (C=O) groups excluding carboxylic acids is 1. The van der Waals surface area contributed by atoms with E-state index in [1.54, 1.807) is 18.2 Å². The monoisotopic (exact) mass is 211 g/mol. The minimum atomic E-state index is -1.13. The van der Waals surface area contributed by atoms with Crippen molar-refractivity contribution in [2.75, 3.05) is 13.7 Å². The third-order valence-electron chi connectivity index (χ3n) is 2.09. The van der Waals surface area contributed by atoms with Crippen molar-refractivity contribution in [1.29, 1.82) is 0 Å². The van der Waals surface area contributed by atoms with Crippen LogP contribution >= 0.6 is 0 Å². The van der Waals surface area contributed by atoms with Gasteiger partial charge in [-0.1, -0.05) is 12.1 Å². The second-order valence-electron chi connectivity index (χ2n) is 3.16. The Morgan fingerprint density at radius 2 is 2.33 bits per heavy atom. The number of hydrogen-bond donors (Lipinski definition) is 1. The molecule has 3 nitrogen and oxygen atoms in total. The van der Waals surface area contributed by atoms with Gasteiger partial charge in [-0.05, 0) is 30.7 Å². The van der Waals surface area contributed by atoms with Gasteiger partial charge in [0.05, 0.1) is 12.7 Å². The van der Waals surface area contributed by atoms with Gasteiger partial charge < -0.3 is 10.5 Å². The number of alkyl halides is 1. The summed E-state index contributed by atoms with van der Waals surface area (Å²) in [7, 11) is 1.29. The van der Waals surface area contributed by atoms with Crippen molar-refractivity contribution in [3.8, 4) is 0 Å². The van der Waals surface area contributed by atoms with Gasteiger partial charge in [-0.3, -0.25) is 0 Å². The van der Waals surface area contributed by atoms with Crippen LogP contribution in [0.1, 0.15) is 28.5 Å². The molecule has 0 bridgehead atoms. The first-order chi connectivity index (χ1) is 7.19. The molecule has 0 saturated heterocycles. The summed E-state index contributed by atoms with van der Waals surface area (Å²) in [5.74, 6) is -0.461. The van der Waals surface area contributed by atoms with E-state index in [0.717, 1.165) is 0 Å². The number of ether oxygens (including phenoxy) is 1. The van der Waals surface area contributed by atoms with E-state index in [4.69, 9.17) is 5.73 Å². The molecule has 1 rings (SSSR count). The van der Waals surface area contributed by atoms with Gasteiger partial charge in [0, 0.05) is 0 Å². The lowest BCUT2D eigenvalue weighted by Crippen LogP contribution is -2.06. The molecule has 0 fully saturated rings. The lowest BCUT2D eigenvalue weighted by molar-refractivity contribution is 0.0600. The van der Waals surface area contributed by atoms with E-state index in [1.165, 1.54) is 13.2 Å². The van der Waals surface area contributed by atoms with Crippen LogP contribution < -0.4 is 5.73 Å². The van der Waals surface area contributed by atoms with E-state index in [0.29, 0.717) is 11.1 Å². The number of methoxy groups -OCH3 is 1. The summed E-state index contributed by atoms with van der Waals surface area (Å²) in [6.45, 7) is 0.281. The minimum Gasteiger partial charge on any atom is -0.465 e. The van der Waals surface area contributed by atoms with Crippen molar-refractivity contribution in [3.63, 3.8) is 0 Å². The van der Waals surface area contributed by atoms with Crippen molar-refractivity contribution in [2.24, 2.45) is 5.73 Å². The molecular weight excluding hydrogens is 197 g/mol. The normalized spacial score (nSPS) is 12.2. The van der Waals surface area contributed by atoms with Crippen LogP contribution in [0.2, 0.25) is 0 Å². The maximum atomic E-state index is 13.5. The highest BCUT2D eigenvalue weighted by Crippen LogP contribution is 2.21. The molecule has 82 valence electrons. The predicted octanol–water partition coefficient (Wildman–Crippen LogP) is 1.83. The van der Waals surface area contributed by atoms with Gasteiger partial charge in [0.25, 0.3) is 0 Å². The zero-order valence-electron chi connectivity index (χ0n) is 8.57. The first-order valence-electron chi connectivity index (χ1n) is 4.71. The summed E-state index contributed by atoms with van der Waals surface area (Å²) < 4.78 is 18.0. The quantitative estimate of drug-likeness (QED) is 0.773. The summed E-state index contributed by atoms with van der Waals surface area (Å²) in [5, 5.41) is 0. The lowest BCUT2D eigenvalue weighted by atomic mass is 10.0. The molecule has 1 aromatic rings. The van der Waals surface area contributed by atoms with Gasteiger partial charge >= 0.3 is 5.97 Å². The number of hydrogen-bond acceptors (Lipinski definition) is 3. The lowest BCUT2D eigenvalue weighted by Gasteiger charge is -2.08. The summed E-state index contributed by atoms with van der Waals surface area (Å²) in [6.07, 6.45) is -0.871. The van der Waals surface area contributed by atoms with Crippen molar-refractivity contribution in [2.45, 2.75) is 12.6 Å². The Balaban J connectivity index is 2.87. The van der Waals surface area contributed by atoms with Crippen LogP contribution in [0.4, 0.5) is 4.39 Å². The van der Waals surface area contributed by atoms with E-state index in [1.807, 2.05) is 0 Å². The van der Waals surface area contributed by atoms with Crippen LogP contribution in [0.3, 0.4) is 0 Å². The maximum Gasteiger partial charge on any atom is 0.337 e. The molecule has 1 unspecified atom stereocenters. The van der Waals surface area contributed by atoms with Crippen molar-refractivity contribution in [1.82, 2.24) is 0 Å². The highest BCUT2D eigenvalue weighted by molar-refractivity contribution is 5.89. The fraction of sp³-hybridized carbons (Fsp3) is 0.364. The minimum absolute atomic E-state index is 0.255. The smallest absolute Gasteiger partial charge is 0.337 e. The Morgan fingerprint density at radius 3 is 2.93 bits per heavy atom. The molecule has 0 aliphatic carbocycles. The molecule has 15 heavy (non-hydrogen) atoms. The van der Waals surface area contributed by atoms with Crippen molar-refractivity contribution in [3.05, 3.63) is 35.4 Å². The second-order valence-corrected chi connectivity index (χ2v) is 3.16. The SMILES string of the molecule is COC(=O)c1cccc(C(F)CCN)c1. The van der Waals surface area contributed by atoms with Gasteiger partial charge in [0.2, 0.25) is 0 Å². The van der Waals surface area contributed by atoms with Gasteiger partial charge in [0.15, 0.2) is 0 Å². The second kappa shape index (κ2) is 5.46. The maximum absolute atomic E-state index is 13.5. The molecule has 0 aliphatic heterocycles. The molecule has 1 aromatic carbocycles. The van der Waals surface area contributed by atoms with E-state index in [9.17, 15) is 9.18 Å². The van der Waals surface area contributed by atoms with Crippen molar-refractivity contribution >= 4 is 5.97 Å². The molecule has 0 heterocycles. The topological polar surface area (TPSA) is 52.3 Å². The molecule has 1 atom stereocenters. The van der Waals surface area contributed by atoms with Crippen LogP contribution in [0, 0.1) is 0 Å². The number of halogens is 1. The molecule has 0 saturated carbocycles. The van der Waals surface area contributed by atoms with Gasteiger partial charge in [-0.2, -0.15) is 0 Å². The molecular formula is C11H14FNO2. The average Bonchev–Trinajstić information content (AvgIpc) is 2.28. The first kappa shape index (κ1) is 11.7. The van der Waals surface area contributed by atoms with E-state index in [2.05, 4.69) is 4.74 Å². The molecule has 2 N–H and O–H groups in total. The number of carbonyl (C=O) groups is 1. The van der Waals surface area contributed by atoms with Gasteiger partial charge in [0.1, 0.15) is 6.17 Å². The number of rotatable bonds is 4. The Bertz CT molecular complexity index is 341. The summed E-state index contributed by atoms with van der Waals surface area (Å²) in [4.78, 5) is 11.2. The van der Waals surface area contributed by atoms with E-state index < -0.39 is 12.1 Å². The number of esters is 1. The molecule has 0 aromatic heterocycles. The van der Waals surface area contributed by atoms with Crippen LogP contribution in [0.15, 0.2) is 24.3 Å². The predicted molar refractivity (Wildman–Crippen MR) is 55.3 cm³/mol. The Morgan fingerprint density at radius 1 is 1.60 bits per heavy atom. The molecule has 0 radical (unpaired) electrons. The molecule has 0 amide bonds. The third-order valence-corrected chi connectivity index (χ3v) is 2.09. The molecule has 4 heteroatoms. The van der Waals surface area contributed by atoms with E-state index in [-0.39, 0.29) is 13.0 Å². The fourth-order valence-electron chi connectivity index (χ4n) is 1.29. The Hall–Kier alpha value is -1.42. The Kier molecular flexibility index (Phi) is 4.24. The van der Waals surface area contributed by atoms with Gasteiger partial charge in [-0.25, -0.2) is 9.18 Å². The largest absolute Gasteiger partial charge is 0.465 e. The standard InChI is InChI=1S/C11H14FNO2/c1-15-11(14)9-4-2-3-8(7-9)10(12)5-6-13/h2-4,7,10H,5-6,13H2,1H3. The first-order valence-corrected chi connectivity index (χ1v) is 4.71. The van der Waals surface area contributed by atoms with Gasteiger partial charge in [-0.15, -0.1) is 0 Å².